The van der Waals surface area contributed by atoms with Crippen LogP contribution < -0.4 is 21.1 Å². The number of amides is 2. The molecule has 2 aromatic carbocycles. The fourth-order valence-corrected chi connectivity index (χ4v) is 2.83. The van der Waals surface area contributed by atoms with Crippen molar-refractivity contribution in [2.45, 2.75) is 6.54 Å². The van der Waals surface area contributed by atoms with Crippen LogP contribution in [-0.2, 0) is 13.6 Å². The number of hydrogen-bond donors (Lipinski definition) is 2. The highest BCUT2D eigenvalue weighted by atomic mass is 35.5. The Labute approximate surface area is 166 Å². The first-order chi connectivity index (χ1) is 13.5. The number of urea groups is 1. The maximum atomic E-state index is 12.4. The first-order valence-electron chi connectivity index (χ1n) is 8.56. The number of carbonyl (C=O) groups is 1. The quantitative estimate of drug-likeness (QED) is 0.664. The van der Waals surface area contributed by atoms with Crippen LogP contribution in [0.25, 0.3) is 11.4 Å². The van der Waals surface area contributed by atoms with E-state index in [1.165, 1.54) is 9.25 Å². The lowest BCUT2D eigenvalue weighted by Gasteiger charge is -2.07. The van der Waals surface area contributed by atoms with E-state index in [1.807, 2.05) is 12.1 Å². The molecule has 9 heteroatoms. The number of anilines is 1. The summed E-state index contributed by atoms with van der Waals surface area (Å²) in [7, 11) is 3.25. The summed E-state index contributed by atoms with van der Waals surface area (Å²) in [5.74, 6) is 1.26. The molecular formula is C19H20ClN5O3. The zero-order valence-electron chi connectivity index (χ0n) is 15.5. The number of carbonyl (C=O) groups excluding carboxylic acids is 1. The van der Waals surface area contributed by atoms with E-state index < -0.39 is 0 Å². The topological polar surface area (TPSA) is 90.2 Å². The van der Waals surface area contributed by atoms with Gasteiger partial charge in [-0.2, -0.15) is 0 Å². The summed E-state index contributed by atoms with van der Waals surface area (Å²) in [6.07, 6.45) is 0. The van der Waals surface area contributed by atoms with Gasteiger partial charge in [0.25, 0.3) is 0 Å². The van der Waals surface area contributed by atoms with Crippen molar-refractivity contribution >= 4 is 23.3 Å². The van der Waals surface area contributed by atoms with E-state index in [2.05, 4.69) is 15.7 Å². The van der Waals surface area contributed by atoms with E-state index in [1.54, 1.807) is 50.6 Å². The average Bonchev–Trinajstić information content (AvgIpc) is 2.97. The molecule has 8 nitrogen and oxygen atoms in total. The fraction of sp³-hybridized carbons (Fsp3) is 0.211. The maximum absolute atomic E-state index is 12.4. The molecule has 0 radical (unpaired) electrons. The monoisotopic (exact) mass is 401 g/mol. The minimum Gasteiger partial charge on any atom is -0.497 e. The van der Waals surface area contributed by atoms with Crippen LogP contribution in [0.1, 0.15) is 0 Å². The molecule has 3 aromatic rings. The van der Waals surface area contributed by atoms with Crippen molar-refractivity contribution in [2.75, 3.05) is 19.0 Å². The molecule has 0 saturated heterocycles. The van der Waals surface area contributed by atoms with Gasteiger partial charge in [0.2, 0.25) is 0 Å². The number of nitrogens with zero attached hydrogens (tertiary/aromatic N) is 3. The summed E-state index contributed by atoms with van der Waals surface area (Å²) in [5, 5.41) is 10.3. The number of benzene rings is 2. The van der Waals surface area contributed by atoms with E-state index in [9.17, 15) is 9.59 Å². The van der Waals surface area contributed by atoms with Crippen molar-refractivity contribution in [3.8, 4) is 17.1 Å². The third-order valence-electron chi connectivity index (χ3n) is 4.08. The molecule has 0 aliphatic heterocycles. The van der Waals surface area contributed by atoms with Gasteiger partial charge in [0.1, 0.15) is 5.75 Å². The predicted molar refractivity (Wildman–Crippen MR) is 108 cm³/mol. The highest BCUT2D eigenvalue weighted by Crippen LogP contribution is 2.19. The van der Waals surface area contributed by atoms with Crippen LogP contribution in [-0.4, -0.2) is 34.0 Å². The standard InChI is InChI=1S/C19H20ClN5O3/c1-24-17(13-6-8-16(28-2)9-7-13)23-25(19(24)27)11-10-21-18(26)22-15-5-3-4-14(20)12-15/h3-9,12H,10-11H2,1-2H3,(H2,21,22,26). The highest BCUT2D eigenvalue weighted by Gasteiger charge is 2.12. The molecule has 0 aliphatic rings. The lowest BCUT2D eigenvalue weighted by Crippen LogP contribution is -2.34. The third kappa shape index (κ3) is 4.52. The first kappa shape index (κ1) is 19.5. The van der Waals surface area contributed by atoms with E-state index in [4.69, 9.17) is 16.3 Å². The normalized spacial score (nSPS) is 10.5. The molecule has 0 aliphatic carbocycles. The zero-order chi connectivity index (χ0) is 20.1. The number of halogens is 1. The SMILES string of the molecule is COc1ccc(-c2nn(CCNC(=O)Nc3cccc(Cl)c3)c(=O)n2C)cc1. The summed E-state index contributed by atoms with van der Waals surface area (Å²) >= 11 is 5.89. The predicted octanol–water partition coefficient (Wildman–Crippen LogP) is 2.73. The van der Waals surface area contributed by atoms with Crippen molar-refractivity contribution < 1.29 is 9.53 Å². The van der Waals surface area contributed by atoms with Crippen molar-refractivity contribution in [1.29, 1.82) is 0 Å². The van der Waals surface area contributed by atoms with Crippen LogP contribution in [0.2, 0.25) is 5.02 Å². The summed E-state index contributed by atoms with van der Waals surface area (Å²) in [6.45, 7) is 0.483. The van der Waals surface area contributed by atoms with Crippen LogP contribution in [0.3, 0.4) is 0 Å². The molecule has 2 N–H and O–H groups in total. The molecule has 1 heterocycles. The van der Waals surface area contributed by atoms with Gasteiger partial charge in [-0.3, -0.25) is 4.57 Å². The van der Waals surface area contributed by atoms with Crippen LogP contribution in [0, 0.1) is 0 Å². The van der Waals surface area contributed by atoms with E-state index in [0.29, 0.717) is 16.5 Å². The fourth-order valence-electron chi connectivity index (χ4n) is 2.64. The number of methoxy groups -OCH3 is 1. The van der Waals surface area contributed by atoms with Gasteiger partial charge in [0.15, 0.2) is 5.82 Å². The smallest absolute Gasteiger partial charge is 0.345 e. The Morgan fingerprint density at radius 2 is 1.96 bits per heavy atom. The molecule has 28 heavy (non-hydrogen) atoms. The second kappa shape index (κ2) is 8.62. The Balaban J connectivity index is 1.61. The number of aromatic nitrogens is 3. The van der Waals surface area contributed by atoms with Crippen LogP contribution in [0.4, 0.5) is 10.5 Å². The number of hydrogen-bond acceptors (Lipinski definition) is 4. The van der Waals surface area contributed by atoms with Crippen LogP contribution in [0.5, 0.6) is 5.75 Å². The molecule has 1 aromatic heterocycles. The lowest BCUT2D eigenvalue weighted by atomic mass is 10.2. The average molecular weight is 402 g/mol. The zero-order valence-corrected chi connectivity index (χ0v) is 16.2. The lowest BCUT2D eigenvalue weighted by molar-refractivity contribution is 0.251. The van der Waals surface area contributed by atoms with Gasteiger partial charge < -0.3 is 15.4 Å². The maximum Gasteiger partial charge on any atom is 0.345 e. The van der Waals surface area contributed by atoms with E-state index in [0.717, 1.165) is 11.3 Å². The van der Waals surface area contributed by atoms with E-state index >= 15 is 0 Å². The summed E-state index contributed by atoms with van der Waals surface area (Å²) < 4.78 is 7.93. The van der Waals surface area contributed by atoms with Crippen molar-refractivity contribution in [3.63, 3.8) is 0 Å². The molecule has 0 unspecified atom stereocenters. The molecule has 3 rings (SSSR count). The molecule has 2 amide bonds. The van der Waals surface area contributed by atoms with Crippen molar-refractivity contribution in [3.05, 3.63) is 64.0 Å². The molecule has 0 fully saturated rings. The van der Waals surface area contributed by atoms with E-state index in [-0.39, 0.29) is 24.8 Å². The van der Waals surface area contributed by atoms with Gasteiger partial charge in [-0.25, -0.2) is 14.3 Å². The number of ether oxygens (including phenoxy) is 1. The molecular weight excluding hydrogens is 382 g/mol. The number of nitrogens with one attached hydrogen (secondary N) is 2. The second-order valence-corrected chi connectivity index (χ2v) is 6.44. The summed E-state index contributed by atoms with van der Waals surface area (Å²) in [4.78, 5) is 24.3. The second-order valence-electron chi connectivity index (χ2n) is 6.01. The molecule has 0 spiro atoms. The summed E-state index contributed by atoms with van der Waals surface area (Å²) in [5.41, 5.74) is 1.12. The van der Waals surface area contributed by atoms with Crippen molar-refractivity contribution in [1.82, 2.24) is 19.7 Å². The highest BCUT2D eigenvalue weighted by molar-refractivity contribution is 6.30. The van der Waals surface area contributed by atoms with Crippen LogP contribution in [0.15, 0.2) is 53.3 Å². The van der Waals surface area contributed by atoms with Gasteiger partial charge in [0.05, 0.1) is 13.7 Å². The molecule has 0 bridgehead atoms. The minimum absolute atomic E-state index is 0.241. The summed E-state index contributed by atoms with van der Waals surface area (Å²) in [6, 6.07) is 13.7. The van der Waals surface area contributed by atoms with Crippen LogP contribution >= 0.6 is 11.6 Å². The molecule has 0 saturated carbocycles. The Kier molecular flexibility index (Phi) is 6.00. The molecule has 146 valence electrons. The van der Waals surface area contributed by atoms with Gasteiger partial charge in [-0.1, -0.05) is 17.7 Å². The Morgan fingerprint density at radius 3 is 2.64 bits per heavy atom. The van der Waals surface area contributed by atoms with Gasteiger partial charge in [-0.15, -0.1) is 5.10 Å². The van der Waals surface area contributed by atoms with Gasteiger partial charge in [-0.05, 0) is 42.5 Å². The number of rotatable bonds is 6. The Bertz CT molecular complexity index is 1030. The van der Waals surface area contributed by atoms with Gasteiger partial charge in [0, 0.05) is 29.9 Å². The van der Waals surface area contributed by atoms with Crippen molar-refractivity contribution in [2.24, 2.45) is 7.05 Å². The minimum atomic E-state index is -0.387. The third-order valence-corrected chi connectivity index (χ3v) is 4.32. The molecule has 0 atom stereocenters. The first-order valence-corrected chi connectivity index (χ1v) is 8.94. The Hall–Kier alpha value is -3.26. The Morgan fingerprint density at radius 1 is 1.21 bits per heavy atom. The van der Waals surface area contributed by atoms with Gasteiger partial charge >= 0.3 is 11.7 Å². The largest absolute Gasteiger partial charge is 0.497 e.